The Bertz CT molecular complexity index is 927. The van der Waals surface area contributed by atoms with E-state index < -0.39 is 24.0 Å². The van der Waals surface area contributed by atoms with Crippen molar-refractivity contribution in [3.05, 3.63) is 78.0 Å². The van der Waals surface area contributed by atoms with E-state index in [0.717, 1.165) is 10.9 Å². The topological polar surface area (TPSA) is 99.5 Å². The Balaban J connectivity index is 1.74. The zero-order valence-electron chi connectivity index (χ0n) is 13.9. The van der Waals surface area contributed by atoms with Gasteiger partial charge >= 0.3 is 5.97 Å². The molecule has 0 fully saturated rings. The van der Waals surface area contributed by atoms with Crippen LogP contribution >= 0.6 is 0 Å². The first-order valence-electron chi connectivity index (χ1n) is 8.15. The lowest BCUT2D eigenvalue weighted by Gasteiger charge is -2.17. The minimum Gasteiger partial charge on any atom is -0.480 e. The average molecular weight is 350 g/mol. The number of nitrogens with zero attached hydrogens (tertiary/aromatic N) is 1. The maximum Gasteiger partial charge on any atom is 0.326 e. The average Bonchev–Trinajstić information content (AvgIpc) is 2.67. The van der Waals surface area contributed by atoms with Crippen LogP contribution in [0.15, 0.2) is 66.7 Å². The first-order valence-corrected chi connectivity index (χ1v) is 8.15. The number of carboxylic acid groups (broad SMARTS) is 1. The van der Waals surface area contributed by atoms with E-state index in [-0.39, 0.29) is 6.42 Å². The number of pyridine rings is 1. The molecule has 3 aromatic rings. The van der Waals surface area contributed by atoms with Gasteiger partial charge in [-0.25, -0.2) is 4.79 Å². The molecule has 0 bridgehead atoms. The van der Waals surface area contributed by atoms with Gasteiger partial charge in [0.05, 0.1) is 5.52 Å². The minimum atomic E-state index is -1.43. The standard InChI is InChI=1S/C20H18N2O4/c23-18(14-7-2-1-3-8-14)19(24)22-17(20(25)26)12-15-11-10-13-6-4-5-9-16(13)21-15/h1-11,17-18,23H,12H2,(H,22,24)(H,25,26)/t17-,18-/m0/s1. The molecule has 6 heteroatoms. The Hall–Kier alpha value is -3.25. The number of carboxylic acids is 1. The van der Waals surface area contributed by atoms with E-state index in [1.54, 1.807) is 36.4 Å². The zero-order chi connectivity index (χ0) is 18.5. The number of para-hydroxylation sites is 1. The number of nitrogens with one attached hydrogen (secondary N) is 1. The third-order valence-corrected chi connectivity index (χ3v) is 4.05. The molecule has 1 heterocycles. The van der Waals surface area contributed by atoms with Gasteiger partial charge in [-0.1, -0.05) is 54.6 Å². The summed E-state index contributed by atoms with van der Waals surface area (Å²) >= 11 is 0. The van der Waals surface area contributed by atoms with E-state index in [2.05, 4.69) is 10.3 Å². The van der Waals surface area contributed by atoms with Crippen LogP contribution in [0.5, 0.6) is 0 Å². The van der Waals surface area contributed by atoms with Gasteiger partial charge in [-0.3, -0.25) is 9.78 Å². The number of rotatable bonds is 6. The molecule has 0 aliphatic heterocycles. The predicted octanol–water partition coefficient (Wildman–Crippen LogP) is 2.08. The van der Waals surface area contributed by atoms with Crippen molar-refractivity contribution in [3.8, 4) is 0 Å². The molecule has 2 aromatic carbocycles. The zero-order valence-corrected chi connectivity index (χ0v) is 13.9. The van der Waals surface area contributed by atoms with Crippen molar-refractivity contribution in [2.24, 2.45) is 0 Å². The molecule has 0 saturated carbocycles. The second-order valence-electron chi connectivity index (χ2n) is 5.91. The van der Waals surface area contributed by atoms with E-state index in [4.69, 9.17) is 0 Å². The number of hydrogen-bond donors (Lipinski definition) is 3. The number of carbonyl (C=O) groups excluding carboxylic acids is 1. The van der Waals surface area contributed by atoms with Gasteiger partial charge in [0.1, 0.15) is 6.04 Å². The molecule has 0 radical (unpaired) electrons. The highest BCUT2D eigenvalue weighted by atomic mass is 16.4. The van der Waals surface area contributed by atoms with Crippen molar-refractivity contribution in [1.82, 2.24) is 10.3 Å². The predicted molar refractivity (Wildman–Crippen MR) is 96.4 cm³/mol. The lowest BCUT2D eigenvalue weighted by Crippen LogP contribution is -2.44. The van der Waals surface area contributed by atoms with Crippen LogP contribution in [-0.2, 0) is 16.0 Å². The summed E-state index contributed by atoms with van der Waals surface area (Å²) in [5.74, 6) is -1.95. The van der Waals surface area contributed by atoms with E-state index in [1.807, 2.05) is 30.3 Å². The molecular formula is C20H18N2O4. The van der Waals surface area contributed by atoms with Gasteiger partial charge in [0.2, 0.25) is 0 Å². The van der Waals surface area contributed by atoms with Crippen molar-refractivity contribution in [2.45, 2.75) is 18.6 Å². The summed E-state index contributed by atoms with van der Waals surface area (Å²) in [5.41, 5.74) is 1.70. The summed E-state index contributed by atoms with van der Waals surface area (Å²) < 4.78 is 0. The van der Waals surface area contributed by atoms with Crippen LogP contribution in [0.3, 0.4) is 0 Å². The van der Waals surface area contributed by atoms with Crippen LogP contribution in [0.2, 0.25) is 0 Å². The van der Waals surface area contributed by atoms with Crippen LogP contribution in [0, 0.1) is 0 Å². The fourth-order valence-corrected chi connectivity index (χ4v) is 2.67. The van der Waals surface area contributed by atoms with Crippen LogP contribution < -0.4 is 5.32 Å². The fourth-order valence-electron chi connectivity index (χ4n) is 2.67. The number of carbonyl (C=O) groups is 2. The molecule has 0 spiro atoms. The highest BCUT2D eigenvalue weighted by Gasteiger charge is 2.25. The fraction of sp³-hybridized carbons (Fsp3) is 0.150. The summed E-state index contributed by atoms with van der Waals surface area (Å²) in [6, 6.07) is 18.3. The SMILES string of the molecule is O=C(O)[C@H](Cc1ccc2ccccc2n1)NC(=O)[C@@H](O)c1ccccc1. The first-order chi connectivity index (χ1) is 12.5. The van der Waals surface area contributed by atoms with Crippen LogP contribution in [-0.4, -0.2) is 33.1 Å². The third kappa shape index (κ3) is 4.04. The van der Waals surface area contributed by atoms with E-state index in [9.17, 15) is 19.8 Å². The molecule has 0 aliphatic carbocycles. The van der Waals surface area contributed by atoms with E-state index >= 15 is 0 Å². The molecule has 0 aliphatic rings. The Morgan fingerprint density at radius 2 is 1.65 bits per heavy atom. The number of aliphatic hydroxyl groups excluding tert-OH is 1. The largest absolute Gasteiger partial charge is 0.480 e. The Morgan fingerprint density at radius 1 is 0.962 bits per heavy atom. The lowest BCUT2D eigenvalue weighted by atomic mass is 10.1. The van der Waals surface area contributed by atoms with Crippen molar-refractivity contribution >= 4 is 22.8 Å². The van der Waals surface area contributed by atoms with E-state index in [1.165, 1.54) is 0 Å². The Kier molecular flexibility index (Phi) is 5.24. The number of aromatic nitrogens is 1. The van der Waals surface area contributed by atoms with Gasteiger partial charge in [0.25, 0.3) is 5.91 Å². The van der Waals surface area contributed by atoms with Crippen LogP contribution in [0.1, 0.15) is 17.4 Å². The molecule has 0 saturated heterocycles. The summed E-state index contributed by atoms with van der Waals surface area (Å²) in [4.78, 5) is 28.2. The smallest absolute Gasteiger partial charge is 0.326 e. The van der Waals surface area contributed by atoms with Crippen LogP contribution in [0.25, 0.3) is 10.9 Å². The lowest BCUT2D eigenvalue weighted by molar-refractivity contribution is -0.143. The highest BCUT2D eigenvalue weighted by Crippen LogP contribution is 2.15. The molecule has 1 amide bonds. The molecule has 2 atom stereocenters. The van der Waals surface area contributed by atoms with Gasteiger partial charge in [0.15, 0.2) is 6.10 Å². The van der Waals surface area contributed by atoms with Gasteiger partial charge in [-0.2, -0.15) is 0 Å². The van der Waals surface area contributed by atoms with Gasteiger partial charge in [-0.15, -0.1) is 0 Å². The molecular weight excluding hydrogens is 332 g/mol. The van der Waals surface area contributed by atoms with Gasteiger partial charge < -0.3 is 15.5 Å². The van der Waals surface area contributed by atoms with Gasteiger partial charge in [0, 0.05) is 17.5 Å². The second-order valence-corrected chi connectivity index (χ2v) is 5.91. The van der Waals surface area contributed by atoms with Crippen LogP contribution in [0.4, 0.5) is 0 Å². The summed E-state index contributed by atoms with van der Waals surface area (Å²) in [7, 11) is 0. The molecule has 3 rings (SSSR count). The molecule has 0 unspecified atom stereocenters. The first kappa shape index (κ1) is 17.6. The Morgan fingerprint density at radius 3 is 2.38 bits per heavy atom. The molecule has 3 N–H and O–H groups in total. The van der Waals surface area contributed by atoms with Crippen molar-refractivity contribution < 1.29 is 19.8 Å². The molecule has 6 nitrogen and oxygen atoms in total. The van der Waals surface area contributed by atoms with Crippen molar-refractivity contribution in [2.75, 3.05) is 0 Å². The summed E-state index contributed by atoms with van der Waals surface area (Å²) in [6.07, 6.45) is -1.41. The Labute approximate surface area is 150 Å². The number of aliphatic carboxylic acids is 1. The number of fused-ring (bicyclic) bond motifs is 1. The molecule has 132 valence electrons. The van der Waals surface area contributed by atoms with Gasteiger partial charge in [-0.05, 0) is 17.7 Å². The third-order valence-electron chi connectivity index (χ3n) is 4.05. The normalized spacial score (nSPS) is 13.1. The highest BCUT2D eigenvalue weighted by molar-refractivity contribution is 5.87. The number of benzene rings is 2. The molecule has 26 heavy (non-hydrogen) atoms. The summed E-state index contributed by atoms with van der Waals surface area (Å²) in [6.45, 7) is 0. The monoisotopic (exact) mass is 350 g/mol. The maximum absolute atomic E-state index is 12.2. The quantitative estimate of drug-likeness (QED) is 0.632. The van der Waals surface area contributed by atoms with Crippen molar-refractivity contribution in [1.29, 1.82) is 0 Å². The molecule has 1 aromatic heterocycles. The van der Waals surface area contributed by atoms with E-state index in [0.29, 0.717) is 11.3 Å². The maximum atomic E-state index is 12.2. The second kappa shape index (κ2) is 7.76. The number of hydrogen-bond acceptors (Lipinski definition) is 4. The van der Waals surface area contributed by atoms with Crippen molar-refractivity contribution in [3.63, 3.8) is 0 Å². The summed E-state index contributed by atoms with van der Waals surface area (Å²) in [5, 5.41) is 22.9. The number of aliphatic hydroxyl groups is 1. The minimum absolute atomic E-state index is 0.0212. The number of amides is 1.